The first-order valence-corrected chi connectivity index (χ1v) is 7.96. The topological polar surface area (TPSA) is 59.1 Å². The molecule has 0 radical (unpaired) electrons. The van der Waals surface area contributed by atoms with Crippen molar-refractivity contribution >= 4 is 50.2 Å². The Morgan fingerprint density at radius 1 is 1.37 bits per heavy atom. The number of rotatable bonds is 3. The number of thiazole rings is 1. The van der Waals surface area contributed by atoms with Crippen LogP contribution in [0.3, 0.4) is 0 Å². The predicted octanol–water partition coefficient (Wildman–Crippen LogP) is 3.70. The lowest BCUT2D eigenvalue weighted by Crippen LogP contribution is -2.13. The molecule has 0 saturated carbocycles. The van der Waals surface area contributed by atoms with E-state index >= 15 is 0 Å². The van der Waals surface area contributed by atoms with E-state index in [4.69, 9.17) is 23.2 Å². The summed E-state index contributed by atoms with van der Waals surface area (Å²) >= 11 is 12.3. The number of nitrogens with one attached hydrogen (secondary N) is 1. The van der Waals surface area contributed by atoms with E-state index in [1.165, 1.54) is 13.0 Å². The SMILES string of the molecule is Cc1nc(Cl)sc1S(=O)(=O)Nc1cc(F)ccc1Cl. The van der Waals surface area contributed by atoms with Crippen molar-refractivity contribution in [3.05, 3.63) is 39.2 Å². The van der Waals surface area contributed by atoms with Crippen molar-refractivity contribution in [2.75, 3.05) is 4.72 Å². The van der Waals surface area contributed by atoms with Crippen molar-refractivity contribution < 1.29 is 12.8 Å². The minimum atomic E-state index is -3.89. The molecule has 9 heteroatoms. The van der Waals surface area contributed by atoms with Gasteiger partial charge in [0.1, 0.15) is 5.82 Å². The summed E-state index contributed by atoms with van der Waals surface area (Å²) in [6.07, 6.45) is 0. The molecule has 1 heterocycles. The third-order valence-electron chi connectivity index (χ3n) is 2.14. The summed E-state index contributed by atoms with van der Waals surface area (Å²) in [5, 5.41) is 0.0956. The van der Waals surface area contributed by atoms with E-state index in [-0.39, 0.29) is 25.1 Å². The highest BCUT2D eigenvalue weighted by Gasteiger charge is 2.22. The molecule has 102 valence electrons. The highest BCUT2D eigenvalue weighted by Crippen LogP contribution is 2.30. The Balaban J connectivity index is 2.42. The Hall–Kier alpha value is -0.890. The Morgan fingerprint density at radius 2 is 2.05 bits per heavy atom. The van der Waals surface area contributed by atoms with Crippen LogP contribution in [0.1, 0.15) is 5.69 Å². The fraction of sp³-hybridized carbons (Fsp3) is 0.100. The van der Waals surface area contributed by atoms with Crippen LogP contribution in [0.25, 0.3) is 0 Å². The summed E-state index contributed by atoms with van der Waals surface area (Å²) in [5.41, 5.74) is 0.237. The smallest absolute Gasteiger partial charge is 0.273 e. The summed E-state index contributed by atoms with van der Waals surface area (Å²) in [4.78, 5) is 3.82. The highest BCUT2D eigenvalue weighted by atomic mass is 35.5. The third kappa shape index (κ3) is 3.17. The van der Waals surface area contributed by atoms with Crippen molar-refractivity contribution in [2.45, 2.75) is 11.1 Å². The lowest BCUT2D eigenvalue weighted by molar-refractivity contribution is 0.602. The molecule has 0 saturated heterocycles. The summed E-state index contributed by atoms with van der Waals surface area (Å²) < 4.78 is 39.6. The molecular weight excluding hydrogens is 334 g/mol. The number of aryl methyl sites for hydroxylation is 1. The van der Waals surface area contributed by atoms with Gasteiger partial charge >= 0.3 is 0 Å². The standard InChI is InChI=1S/C10H7Cl2FN2O2S2/c1-5-9(18-10(12)14-5)19(16,17)15-8-4-6(13)2-3-7(8)11/h2-4,15H,1H3. The van der Waals surface area contributed by atoms with Crippen LogP contribution in [0.5, 0.6) is 0 Å². The highest BCUT2D eigenvalue weighted by molar-refractivity contribution is 7.94. The van der Waals surface area contributed by atoms with Crippen LogP contribution < -0.4 is 4.72 Å². The predicted molar refractivity (Wildman–Crippen MR) is 74.1 cm³/mol. The van der Waals surface area contributed by atoms with Gasteiger partial charge in [-0.2, -0.15) is 0 Å². The number of benzene rings is 1. The maximum atomic E-state index is 13.1. The fourth-order valence-corrected chi connectivity index (χ4v) is 4.40. The Bertz CT molecular complexity index is 731. The molecule has 0 aliphatic carbocycles. The van der Waals surface area contributed by atoms with E-state index in [1.54, 1.807) is 0 Å². The molecule has 0 amide bonds. The largest absolute Gasteiger partial charge is 0.277 e. The van der Waals surface area contributed by atoms with E-state index in [1.807, 2.05) is 0 Å². The molecule has 0 atom stereocenters. The van der Waals surface area contributed by atoms with Crippen LogP contribution in [0.4, 0.5) is 10.1 Å². The van der Waals surface area contributed by atoms with Gasteiger partial charge < -0.3 is 0 Å². The summed E-state index contributed by atoms with van der Waals surface area (Å²) in [6.45, 7) is 1.52. The molecule has 2 aromatic rings. The molecule has 0 unspecified atom stereocenters. The second-order valence-corrected chi connectivity index (χ2v) is 7.44. The van der Waals surface area contributed by atoms with E-state index < -0.39 is 15.8 Å². The van der Waals surface area contributed by atoms with E-state index in [9.17, 15) is 12.8 Å². The minimum absolute atomic E-state index is 0.0298. The second kappa shape index (κ2) is 5.24. The van der Waals surface area contributed by atoms with Gasteiger partial charge in [-0.05, 0) is 25.1 Å². The number of hydrogen-bond acceptors (Lipinski definition) is 4. The van der Waals surface area contributed by atoms with Crippen LogP contribution in [0.15, 0.2) is 22.4 Å². The van der Waals surface area contributed by atoms with E-state index in [0.717, 1.165) is 23.5 Å². The van der Waals surface area contributed by atoms with Gasteiger partial charge in [0.25, 0.3) is 10.0 Å². The molecule has 0 bridgehead atoms. The normalized spacial score (nSPS) is 11.6. The minimum Gasteiger partial charge on any atom is -0.277 e. The number of halogens is 3. The Kier molecular flexibility index (Phi) is 4.00. The summed E-state index contributed by atoms with van der Waals surface area (Å²) in [6, 6.07) is 3.40. The van der Waals surface area contributed by atoms with Crippen LogP contribution >= 0.6 is 34.5 Å². The quantitative estimate of drug-likeness (QED) is 0.926. The summed E-state index contributed by atoms with van der Waals surface area (Å²) in [7, 11) is -3.89. The van der Waals surface area contributed by atoms with Gasteiger partial charge in [0.05, 0.1) is 16.4 Å². The lowest BCUT2D eigenvalue weighted by Gasteiger charge is -2.08. The van der Waals surface area contributed by atoms with Crippen molar-refractivity contribution in [1.82, 2.24) is 4.98 Å². The zero-order valence-corrected chi connectivity index (χ0v) is 12.6. The molecule has 0 fully saturated rings. The molecule has 0 aliphatic heterocycles. The first-order valence-electron chi connectivity index (χ1n) is 4.90. The molecule has 1 aromatic heterocycles. The van der Waals surface area contributed by atoms with Gasteiger partial charge in [-0.15, -0.1) is 0 Å². The fourth-order valence-electron chi connectivity index (χ4n) is 1.37. The first kappa shape index (κ1) is 14.5. The molecule has 1 aromatic carbocycles. The van der Waals surface area contributed by atoms with Gasteiger partial charge in [0.15, 0.2) is 8.68 Å². The van der Waals surface area contributed by atoms with Crippen molar-refractivity contribution in [3.8, 4) is 0 Å². The maximum Gasteiger partial charge on any atom is 0.273 e. The van der Waals surface area contributed by atoms with Crippen LogP contribution in [-0.4, -0.2) is 13.4 Å². The van der Waals surface area contributed by atoms with Crippen molar-refractivity contribution in [2.24, 2.45) is 0 Å². The molecule has 1 N–H and O–H groups in total. The lowest BCUT2D eigenvalue weighted by atomic mass is 10.3. The number of hydrogen-bond donors (Lipinski definition) is 1. The van der Waals surface area contributed by atoms with Gasteiger partial charge in [-0.3, -0.25) is 4.72 Å². The third-order valence-corrected chi connectivity index (χ3v) is 5.71. The van der Waals surface area contributed by atoms with Crippen molar-refractivity contribution in [1.29, 1.82) is 0 Å². The molecule has 0 spiro atoms. The Labute approximate surface area is 123 Å². The van der Waals surface area contributed by atoms with Gasteiger partial charge in [0, 0.05) is 0 Å². The number of sulfonamides is 1. The number of anilines is 1. The van der Waals surface area contributed by atoms with Crippen LogP contribution in [0.2, 0.25) is 9.49 Å². The zero-order valence-electron chi connectivity index (χ0n) is 9.45. The molecule has 4 nitrogen and oxygen atoms in total. The Morgan fingerprint density at radius 3 is 2.63 bits per heavy atom. The number of nitrogens with zero attached hydrogens (tertiary/aromatic N) is 1. The average molecular weight is 341 g/mol. The van der Waals surface area contributed by atoms with E-state index in [2.05, 4.69) is 9.71 Å². The number of aromatic nitrogens is 1. The van der Waals surface area contributed by atoms with Crippen LogP contribution in [0, 0.1) is 12.7 Å². The van der Waals surface area contributed by atoms with Gasteiger partial charge in [-0.25, -0.2) is 17.8 Å². The van der Waals surface area contributed by atoms with Gasteiger partial charge in [-0.1, -0.05) is 34.5 Å². The van der Waals surface area contributed by atoms with Gasteiger partial charge in [0.2, 0.25) is 0 Å². The zero-order chi connectivity index (χ0) is 14.2. The first-order chi connectivity index (χ1) is 8.79. The molecule has 0 aliphatic rings. The van der Waals surface area contributed by atoms with E-state index in [0.29, 0.717) is 0 Å². The van der Waals surface area contributed by atoms with Crippen molar-refractivity contribution in [3.63, 3.8) is 0 Å². The second-order valence-electron chi connectivity index (χ2n) is 3.57. The monoisotopic (exact) mass is 340 g/mol. The molecule has 19 heavy (non-hydrogen) atoms. The molecule has 2 rings (SSSR count). The summed E-state index contributed by atoms with van der Waals surface area (Å²) in [5.74, 6) is -0.596. The van der Waals surface area contributed by atoms with Crippen LogP contribution in [-0.2, 0) is 10.0 Å². The average Bonchev–Trinajstić information content (AvgIpc) is 2.63. The maximum absolute atomic E-state index is 13.1. The molecular formula is C10H7Cl2FN2O2S2.